The molecule has 0 heterocycles. The predicted octanol–water partition coefficient (Wildman–Crippen LogP) is 2.47. The maximum atomic E-state index is 11.2. The van der Waals surface area contributed by atoms with Crippen molar-refractivity contribution in [2.75, 3.05) is 6.61 Å². The number of phosphoric ester groups is 1. The summed E-state index contributed by atoms with van der Waals surface area (Å²) in [5, 5.41) is 0. The van der Waals surface area contributed by atoms with Gasteiger partial charge in [0.05, 0.1) is 12.7 Å². The van der Waals surface area contributed by atoms with E-state index < -0.39 is 7.82 Å². The fourth-order valence-electron chi connectivity index (χ4n) is 1.55. The summed E-state index contributed by atoms with van der Waals surface area (Å²) in [5.41, 5.74) is 0. The van der Waals surface area contributed by atoms with Crippen LogP contribution in [0, 0.1) is 0 Å². The molecule has 78 valence electrons. The van der Waals surface area contributed by atoms with Gasteiger partial charge in [-0.1, -0.05) is 19.3 Å². The molecule has 1 rings (SSSR count). The Morgan fingerprint density at radius 2 is 2.00 bits per heavy atom. The number of hydrogen-bond donors (Lipinski definition) is 1. The van der Waals surface area contributed by atoms with E-state index in [9.17, 15) is 9.46 Å². The van der Waals surface area contributed by atoms with Gasteiger partial charge in [0, 0.05) is 0 Å². The Morgan fingerprint density at radius 3 is 2.54 bits per heavy atom. The van der Waals surface area contributed by atoms with Crippen LogP contribution in [0.4, 0.5) is 0 Å². The second-order valence-electron chi connectivity index (χ2n) is 3.25. The van der Waals surface area contributed by atoms with Crippen molar-refractivity contribution in [3.8, 4) is 0 Å². The maximum Gasteiger partial charge on any atom is 0.472 e. The number of rotatable bonds is 4. The van der Waals surface area contributed by atoms with Crippen molar-refractivity contribution >= 4 is 7.82 Å². The van der Waals surface area contributed by atoms with Crippen molar-refractivity contribution in [3.05, 3.63) is 0 Å². The Hall–Kier alpha value is 0.110. The van der Waals surface area contributed by atoms with Gasteiger partial charge in [-0.15, -0.1) is 0 Å². The summed E-state index contributed by atoms with van der Waals surface area (Å²) in [5.74, 6) is 0. The third-order valence-corrected chi connectivity index (χ3v) is 3.28. The average molecular weight is 208 g/mol. The molecule has 0 aromatic rings. The summed E-state index contributed by atoms with van der Waals surface area (Å²) >= 11 is 0. The van der Waals surface area contributed by atoms with Gasteiger partial charge < -0.3 is 4.89 Å². The van der Waals surface area contributed by atoms with E-state index in [1.165, 1.54) is 6.42 Å². The van der Waals surface area contributed by atoms with Crippen molar-refractivity contribution in [1.82, 2.24) is 0 Å². The van der Waals surface area contributed by atoms with Gasteiger partial charge in [0.15, 0.2) is 0 Å². The zero-order valence-corrected chi connectivity index (χ0v) is 8.83. The van der Waals surface area contributed by atoms with Gasteiger partial charge in [-0.05, 0) is 19.8 Å². The fourth-order valence-corrected chi connectivity index (χ4v) is 2.53. The lowest BCUT2D eigenvalue weighted by Crippen LogP contribution is -2.15. The molecule has 0 aliphatic heterocycles. The van der Waals surface area contributed by atoms with Gasteiger partial charge >= 0.3 is 7.82 Å². The van der Waals surface area contributed by atoms with Crippen molar-refractivity contribution in [2.45, 2.75) is 45.1 Å². The maximum absolute atomic E-state index is 11.2. The highest BCUT2D eigenvalue weighted by Gasteiger charge is 2.26. The normalized spacial score (nSPS) is 24.2. The molecule has 0 aromatic carbocycles. The Bertz CT molecular complexity index is 189. The topological polar surface area (TPSA) is 55.8 Å². The summed E-state index contributed by atoms with van der Waals surface area (Å²) in [7, 11) is -3.76. The smallest absolute Gasteiger partial charge is 0.302 e. The first-order chi connectivity index (χ1) is 6.14. The van der Waals surface area contributed by atoms with Gasteiger partial charge in [0.25, 0.3) is 0 Å². The van der Waals surface area contributed by atoms with Crippen LogP contribution in [0.1, 0.15) is 39.0 Å². The van der Waals surface area contributed by atoms with Crippen LogP contribution in [-0.2, 0) is 13.6 Å². The van der Waals surface area contributed by atoms with Crippen LogP contribution in [0.5, 0.6) is 0 Å². The minimum atomic E-state index is -3.76. The largest absolute Gasteiger partial charge is 0.472 e. The van der Waals surface area contributed by atoms with Gasteiger partial charge in [0.1, 0.15) is 0 Å². The third kappa shape index (κ3) is 4.23. The van der Waals surface area contributed by atoms with Crippen molar-refractivity contribution in [2.24, 2.45) is 0 Å². The highest BCUT2D eigenvalue weighted by atomic mass is 31.2. The molecule has 0 saturated heterocycles. The number of hydrogen-bond acceptors (Lipinski definition) is 3. The molecule has 1 aliphatic rings. The van der Waals surface area contributed by atoms with Gasteiger partial charge in [0.2, 0.25) is 0 Å². The standard InChI is InChI=1S/C8H17O4P/c1-2-11-13(9,10)12-8-6-4-3-5-7-8/h8H,2-7H2,1H3,(H,9,10). The lowest BCUT2D eigenvalue weighted by atomic mass is 9.98. The molecule has 5 heteroatoms. The molecule has 1 atom stereocenters. The van der Waals surface area contributed by atoms with E-state index in [0.717, 1.165) is 25.7 Å². The summed E-state index contributed by atoms with van der Waals surface area (Å²) in [4.78, 5) is 9.18. The van der Waals surface area contributed by atoms with E-state index in [-0.39, 0.29) is 12.7 Å². The molecule has 1 unspecified atom stereocenters. The zero-order chi connectivity index (χ0) is 9.73. The SMILES string of the molecule is CCOP(=O)(O)OC1CCCCC1. The van der Waals surface area contributed by atoms with Crippen LogP contribution < -0.4 is 0 Å². The fraction of sp³-hybridized carbons (Fsp3) is 1.00. The molecule has 13 heavy (non-hydrogen) atoms. The Morgan fingerprint density at radius 1 is 1.38 bits per heavy atom. The molecule has 1 aliphatic carbocycles. The van der Waals surface area contributed by atoms with Crippen LogP contribution in [0.15, 0.2) is 0 Å². The quantitative estimate of drug-likeness (QED) is 0.721. The minimum absolute atomic E-state index is 0.0869. The molecule has 0 bridgehead atoms. The molecule has 1 fully saturated rings. The molecule has 4 nitrogen and oxygen atoms in total. The lowest BCUT2D eigenvalue weighted by Gasteiger charge is -2.23. The summed E-state index contributed by atoms with van der Waals surface area (Å²) in [6.45, 7) is 1.88. The molecular formula is C8H17O4P. The van der Waals surface area contributed by atoms with Crippen LogP contribution in [-0.4, -0.2) is 17.6 Å². The van der Waals surface area contributed by atoms with Gasteiger partial charge in [-0.25, -0.2) is 4.57 Å². The van der Waals surface area contributed by atoms with Gasteiger partial charge in [-0.2, -0.15) is 0 Å². The van der Waals surface area contributed by atoms with Crippen LogP contribution in [0.2, 0.25) is 0 Å². The van der Waals surface area contributed by atoms with Crippen LogP contribution in [0.25, 0.3) is 0 Å². The summed E-state index contributed by atoms with van der Waals surface area (Å²) in [6.07, 6.45) is 5.02. The third-order valence-electron chi connectivity index (χ3n) is 2.13. The molecule has 0 aromatic heterocycles. The van der Waals surface area contributed by atoms with E-state index in [1.54, 1.807) is 6.92 Å². The highest BCUT2D eigenvalue weighted by molar-refractivity contribution is 7.47. The monoisotopic (exact) mass is 208 g/mol. The molecule has 0 radical (unpaired) electrons. The van der Waals surface area contributed by atoms with Crippen molar-refractivity contribution in [3.63, 3.8) is 0 Å². The molecule has 0 amide bonds. The van der Waals surface area contributed by atoms with E-state index in [0.29, 0.717) is 0 Å². The molecule has 1 saturated carbocycles. The van der Waals surface area contributed by atoms with E-state index in [1.807, 2.05) is 0 Å². The van der Waals surface area contributed by atoms with Crippen molar-refractivity contribution in [1.29, 1.82) is 0 Å². The minimum Gasteiger partial charge on any atom is -0.302 e. The average Bonchev–Trinajstić information content (AvgIpc) is 2.04. The summed E-state index contributed by atoms with van der Waals surface area (Å²) in [6, 6.07) is 0. The summed E-state index contributed by atoms with van der Waals surface area (Å²) < 4.78 is 20.8. The first-order valence-electron chi connectivity index (χ1n) is 4.80. The van der Waals surface area contributed by atoms with E-state index in [4.69, 9.17) is 4.52 Å². The lowest BCUT2D eigenvalue weighted by molar-refractivity contribution is 0.0852. The van der Waals surface area contributed by atoms with E-state index >= 15 is 0 Å². The Balaban J connectivity index is 2.32. The van der Waals surface area contributed by atoms with Gasteiger partial charge in [-0.3, -0.25) is 9.05 Å². The Kier molecular flexibility index (Phi) is 4.39. The second-order valence-corrected chi connectivity index (χ2v) is 4.66. The molecular weight excluding hydrogens is 191 g/mol. The molecule has 0 spiro atoms. The highest BCUT2D eigenvalue weighted by Crippen LogP contribution is 2.46. The second kappa shape index (κ2) is 5.11. The van der Waals surface area contributed by atoms with Crippen LogP contribution in [0.3, 0.4) is 0 Å². The molecule has 1 N–H and O–H groups in total. The van der Waals surface area contributed by atoms with Crippen molar-refractivity contribution < 1.29 is 18.5 Å². The van der Waals surface area contributed by atoms with E-state index in [2.05, 4.69) is 4.52 Å². The predicted molar refractivity (Wildman–Crippen MR) is 49.4 cm³/mol. The Labute approximate surface area is 78.9 Å². The number of phosphoric acid groups is 1. The van der Waals surface area contributed by atoms with Crippen LogP contribution >= 0.6 is 7.82 Å². The first-order valence-corrected chi connectivity index (χ1v) is 6.29. The first kappa shape index (κ1) is 11.2. The zero-order valence-electron chi connectivity index (χ0n) is 7.94.